The topological polar surface area (TPSA) is 47.3 Å². The average molecular weight is 417 g/mol. The summed E-state index contributed by atoms with van der Waals surface area (Å²) in [5.41, 5.74) is 2.43. The van der Waals surface area contributed by atoms with Crippen molar-refractivity contribution in [1.29, 1.82) is 0 Å². The second-order valence-corrected chi connectivity index (χ2v) is 7.49. The Morgan fingerprint density at radius 1 is 1.11 bits per heavy atom. The van der Waals surface area contributed by atoms with E-state index in [9.17, 15) is 13.2 Å². The molecule has 1 fully saturated rings. The van der Waals surface area contributed by atoms with E-state index >= 15 is 0 Å². The number of H-pyrrole nitrogens is 3. The van der Waals surface area contributed by atoms with Crippen LogP contribution in [0.25, 0.3) is 22.4 Å². The van der Waals surface area contributed by atoms with Crippen LogP contribution in [0.2, 0.25) is 10.0 Å². The monoisotopic (exact) mass is 416 g/mol. The van der Waals surface area contributed by atoms with E-state index in [1.165, 1.54) is 0 Å². The number of hydrogen-bond acceptors (Lipinski definition) is 1. The number of halogens is 5. The molecule has 1 aromatic carbocycles. The Labute approximate surface area is 163 Å². The fourth-order valence-corrected chi connectivity index (χ4v) is 3.84. The van der Waals surface area contributed by atoms with E-state index < -0.39 is 12.1 Å². The van der Waals surface area contributed by atoms with Crippen LogP contribution in [0, 0.1) is 5.92 Å². The first kappa shape index (κ1) is 18.4. The molecule has 1 aliphatic heterocycles. The molecule has 0 unspecified atom stereocenters. The summed E-state index contributed by atoms with van der Waals surface area (Å²) in [6.07, 6.45) is -2.18. The van der Waals surface area contributed by atoms with Gasteiger partial charge in [-0.1, -0.05) is 23.2 Å². The standard InChI is InChI=1S/C18H15Cl2F3N4/c19-12-8-14-15(9-13(12)20)26-16(25-14)11-2-1-5-24-17(11)27-6-3-10(4-7-27)18(21,22)23/h1-2,5,8-10H,3-4,6-7H2,(H,25,26)/p+2. The van der Waals surface area contributed by atoms with E-state index in [1.807, 2.05) is 17.0 Å². The molecule has 3 heterocycles. The molecule has 142 valence electrons. The van der Waals surface area contributed by atoms with Crippen molar-refractivity contribution in [2.45, 2.75) is 19.0 Å². The van der Waals surface area contributed by atoms with Crippen LogP contribution < -0.4 is 14.9 Å². The van der Waals surface area contributed by atoms with Crippen molar-refractivity contribution in [2.75, 3.05) is 18.0 Å². The number of benzene rings is 1. The summed E-state index contributed by atoms with van der Waals surface area (Å²) in [4.78, 5) is 11.7. The molecule has 1 aliphatic rings. The van der Waals surface area contributed by atoms with E-state index in [0.29, 0.717) is 23.1 Å². The Balaban J connectivity index is 1.66. The SMILES string of the molecule is FC(F)(F)C1CCN(c2[nH+]cccc2-c2[nH]c3cc(Cl)c(Cl)cc3[nH+]2)CC1. The highest BCUT2D eigenvalue weighted by molar-refractivity contribution is 6.42. The molecular formula is C18H17Cl2F3N4+2. The Morgan fingerprint density at radius 3 is 2.52 bits per heavy atom. The molecule has 2 aromatic heterocycles. The summed E-state index contributed by atoms with van der Waals surface area (Å²) in [5.74, 6) is 0.274. The van der Waals surface area contributed by atoms with E-state index in [0.717, 1.165) is 28.2 Å². The van der Waals surface area contributed by atoms with Crippen LogP contribution in [0.4, 0.5) is 19.0 Å². The van der Waals surface area contributed by atoms with Gasteiger partial charge in [0.05, 0.1) is 35.2 Å². The van der Waals surface area contributed by atoms with E-state index in [2.05, 4.69) is 15.0 Å². The van der Waals surface area contributed by atoms with Gasteiger partial charge in [-0.2, -0.15) is 13.2 Å². The smallest absolute Gasteiger partial charge is 0.261 e. The number of nitrogens with one attached hydrogen (secondary N) is 3. The quantitative estimate of drug-likeness (QED) is 0.654. The first-order valence-electron chi connectivity index (χ1n) is 8.55. The van der Waals surface area contributed by atoms with Gasteiger partial charge in [-0.3, -0.25) is 4.90 Å². The van der Waals surface area contributed by atoms with Crippen molar-refractivity contribution in [3.8, 4) is 11.4 Å². The molecule has 1 saturated heterocycles. The highest BCUT2D eigenvalue weighted by Crippen LogP contribution is 2.36. The fraction of sp³-hybridized carbons (Fsp3) is 0.333. The number of alkyl halides is 3. The van der Waals surface area contributed by atoms with Gasteiger partial charge in [0.15, 0.2) is 16.6 Å². The van der Waals surface area contributed by atoms with Crippen LogP contribution in [-0.4, -0.2) is 24.2 Å². The third-order valence-electron chi connectivity index (χ3n) is 4.96. The summed E-state index contributed by atoms with van der Waals surface area (Å²) in [7, 11) is 0. The summed E-state index contributed by atoms with van der Waals surface area (Å²) < 4.78 is 38.8. The van der Waals surface area contributed by atoms with Crippen LogP contribution in [0.5, 0.6) is 0 Å². The van der Waals surface area contributed by atoms with E-state index in [-0.39, 0.29) is 12.8 Å². The number of anilines is 1. The average Bonchev–Trinajstić information content (AvgIpc) is 3.04. The Hall–Kier alpha value is -1.99. The molecule has 0 spiro atoms. The highest BCUT2D eigenvalue weighted by Gasteiger charge is 2.43. The summed E-state index contributed by atoms with van der Waals surface area (Å²) in [6, 6.07) is 7.23. The van der Waals surface area contributed by atoms with Gasteiger partial charge in [-0.05, 0) is 25.0 Å². The van der Waals surface area contributed by atoms with Crippen LogP contribution >= 0.6 is 23.2 Å². The van der Waals surface area contributed by atoms with Crippen LogP contribution in [0.15, 0.2) is 30.5 Å². The van der Waals surface area contributed by atoms with Gasteiger partial charge in [0, 0.05) is 12.1 Å². The maximum Gasteiger partial charge on any atom is 0.392 e. The van der Waals surface area contributed by atoms with Gasteiger partial charge in [-0.25, -0.2) is 15.0 Å². The number of fused-ring (bicyclic) bond motifs is 1. The Morgan fingerprint density at radius 2 is 1.81 bits per heavy atom. The molecular weight excluding hydrogens is 400 g/mol. The maximum atomic E-state index is 12.9. The van der Waals surface area contributed by atoms with Gasteiger partial charge in [-0.15, -0.1) is 0 Å². The molecule has 0 aliphatic carbocycles. The zero-order valence-electron chi connectivity index (χ0n) is 14.1. The number of piperidine rings is 1. The van der Waals surface area contributed by atoms with Gasteiger partial charge in [0.1, 0.15) is 0 Å². The molecule has 0 atom stereocenters. The number of hydrogen-bond donors (Lipinski definition) is 1. The van der Waals surface area contributed by atoms with Crippen molar-refractivity contribution >= 4 is 40.1 Å². The first-order valence-corrected chi connectivity index (χ1v) is 9.31. The maximum absolute atomic E-state index is 12.9. The van der Waals surface area contributed by atoms with Gasteiger partial charge in [0.2, 0.25) is 0 Å². The zero-order chi connectivity index (χ0) is 19.2. The second-order valence-electron chi connectivity index (χ2n) is 6.67. The molecule has 4 rings (SSSR count). The first-order chi connectivity index (χ1) is 12.8. The predicted molar refractivity (Wildman–Crippen MR) is 97.9 cm³/mol. The van der Waals surface area contributed by atoms with Crippen molar-refractivity contribution in [3.63, 3.8) is 0 Å². The number of rotatable bonds is 2. The normalized spacial score (nSPS) is 16.3. The van der Waals surface area contributed by atoms with Crippen LogP contribution in [-0.2, 0) is 0 Å². The van der Waals surface area contributed by atoms with Crippen molar-refractivity contribution in [3.05, 3.63) is 40.5 Å². The summed E-state index contributed by atoms with van der Waals surface area (Å²) >= 11 is 12.1. The fourth-order valence-electron chi connectivity index (χ4n) is 3.51. The predicted octanol–water partition coefficient (Wildman–Crippen LogP) is 4.55. The zero-order valence-corrected chi connectivity index (χ0v) is 15.6. The Kier molecular flexibility index (Phi) is 4.68. The number of aromatic nitrogens is 3. The second kappa shape index (κ2) is 6.87. The number of imidazole rings is 1. The lowest BCUT2D eigenvalue weighted by Gasteiger charge is -2.29. The summed E-state index contributed by atoms with van der Waals surface area (Å²) in [6.45, 7) is 0.686. The molecule has 0 amide bonds. The summed E-state index contributed by atoms with van der Waals surface area (Å²) in [5, 5.41) is 0.889. The molecule has 3 aromatic rings. The van der Waals surface area contributed by atoms with Gasteiger partial charge in [0.25, 0.3) is 11.6 Å². The highest BCUT2D eigenvalue weighted by atomic mass is 35.5. The van der Waals surface area contributed by atoms with Crippen molar-refractivity contribution in [2.24, 2.45) is 5.92 Å². The van der Waals surface area contributed by atoms with Gasteiger partial charge < -0.3 is 0 Å². The lowest BCUT2D eigenvalue weighted by atomic mass is 9.96. The van der Waals surface area contributed by atoms with Crippen LogP contribution in [0.1, 0.15) is 12.8 Å². The lowest BCUT2D eigenvalue weighted by molar-refractivity contribution is -0.365. The number of pyridine rings is 1. The molecule has 27 heavy (non-hydrogen) atoms. The van der Waals surface area contributed by atoms with Crippen LogP contribution in [0.3, 0.4) is 0 Å². The third kappa shape index (κ3) is 3.58. The van der Waals surface area contributed by atoms with Gasteiger partial charge >= 0.3 is 6.18 Å². The minimum absolute atomic E-state index is 0.0906. The molecule has 0 radical (unpaired) electrons. The van der Waals surface area contributed by atoms with E-state index in [4.69, 9.17) is 23.2 Å². The molecule has 0 bridgehead atoms. The molecule has 4 nitrogen and oxygen atoms in total. The molecule has 0 saturated carbocycles. The number of aromatic amines is 3. The Bertz CT molecular complexity index is 939. The van der Waals surface area contributed by atoms with Crippen molar-refractivity contribution in [1.82, 2.24) is 4.98 Å². The van der Waals surface area contributed by atoms with E-state index in [1.54, 1.807) is 18.3 Å². The lowest BCUT2D eigenvalue weighted by Crippen LogP contribution is -2.41. The third-order valence-corrected chi connectivity index (χ3v) is 5.68. The molecule has 3 N–H and O–H groups in total. The number of nitrogens with zero attached hydrogens (tertiary/aromatic N) is 1. The minimum atomic E-state index is -4.13. The van der Waals surface area contributed by atoms with Crippen molar-refractivity contribution < 1.29 is 23.1 Å². The molecule has 9 heteroatoms. The minimum Gasteiger partial charge on any atom is -0.261 e. The largest absolute Gasteiger partial charge is 0.392 e.